The van der Waals surface area contributed by atoms with E-state index in [-0.39, 0.29) is 26.7 Å². The van der Waals surface area contributed by atoms with E-state index >= 15 is 0 Å². The van der Waals surface area contributed by atoms with Crippen LogP contribution in [0.4, 0.5) is 0 Å². The highest BCUT2D eigenvalue weighted by atomic mass is 32.2. The van der Waals surface area contributed by atoms with Crippen LogP contribution < -0.4 is 0 Å². The van der Waals surface area contributed by atoms with Crippen molar-refractivity contribution in [2.24, 2.45) is 0 Å². The molecule has 0 saturated carbocycles. The highest BCUT2D eigenvalue weighted by Crippen LogP contribution is 2.40. The molecule has 6 aromatic carbocycles. The first-order valence-corrected chi connectivity index (χ1v) is 14.6. The Labute approximate surface area is 230 Å². The Bertz CT molecular complexity index is 2260. The van der Waals surface area contributed by atoms with Gasteiger partial charge in [0.2, 0.25) is 9.84 Å². The number of hydrogen-bond acceptors (Lipinski definition) is 3. The van der Waals surface area contributed by atoms with Crippen LogP contribution in [-0.2, 0) is 9.84 Å². The van der Waals surface area contributed by atoms with Crippen molar-refractivity contribution in [3.63, 3.8) is 0 Å². The van der Waals surface area contributed by atoms with Crippen LogP contribution in [0, 0.1) is 0 Å². The number of carbonyl (C=O) groups is 1. The summed E-state index contributed by atoms with van der Waals surface area (Å²) in [5.74, 6) is -0.265. The van der Waals surface area contributed by atoms with Gasteiger partial charge < -0.3 is 4.57 Å². The second kappa shape index (κ2) is 8.25. The first-order chi connectivity index (χ1) is 19.5. The first-order valence-electron chi connectivity index (χ1n) is 13.1. The van der Waals surface area contributed by atoms with Crippen LogP contribution in [0.3, 0.4) is 0 Å². The Kier molecular flexibility index (Phi) is 4.73. The molecule has 0 atom stereocenters. The summed E-state index contributed by atoms with van der Waals surface area (Å²) in [5, 5.41) is 4.43. The molecule has 0 spiro atoms. The smallest absolute Gasteiger partial charge is 0.208 e. The summed E-state index contributed by atoms with van der Waals surface area (Å²) in [6.07, 6.45) is 0. The number of benzene rings is 6. The molecule has 0 radical (unpaired) electrons. The van der Waals surface area contributed by atoms with Gasteiger partial charge in [-0.05, 0) is 59.0 Å². The molecule has 0 bridgehead atoms. The summed E-state index contributed by atoms with van der Waals surface area (Å²) in [6, 6.07) is 40.7. The van der Waals surface area contributed by atoms with Gasteiger partial charge in [-0.3, -0.25) is 4.79 Å². The Morgan fingerprint density at radius 1 is 0.475 bits per heavy atom. The molecule has 0 N–H and O–H groups in total. The zero-order chi connectivity index (χ0) is 27.0. The molecule has 1 aliphatic rings. The summed E-state index contributed by atoms with van der Waals surface area (Å²) in [4.78, 5) is 13.3. The molecular weight excluding hydrogens is 514 g/mol. The van der Waals surface area contributed by atoms with E-state index in [1.165, 1.54) is 16.8 Å². The third-order valence-corrected chi connectivity index (χ3v) is 9.82. The van der Waals surface area contributed by atoms with Crippen LogP contribution in [0.15, 0.2) is 137 Å². The molecule has 190 valence electrons. The lowest BCUT2D eigenvalue weighted by atomic mass is 9.95. The predicted molar refractivity (Wildman–Crippen MR) is 159 cm³/mol. The van der Waals surface area contributed by atoms with E-state index in [9.17, 15) is 13.2 Å². The molecule has 0 amide bonds. The van der Waals surface area contributed by atoms with Crippen LogP contribution in [-0.4, -0.2) is 18.8 Å². The summed E-state index contributed by atoms with van der Waals surface area (Å²) < 4.78 is 29.5. The fourth-order valence-electron chi connectivity index (χ4n) is 6.17. The van der Waals surface area contributed by atoms with E-state index in [0.29, 0.717) is 0 Å². The van der Waals surface area contributed by atoms with Gasteiger partial charge in [0.05, 0.1) is 26.5 Å². The molecule has 4 nitrogen and oxygen atoms in total. The van der Waals surface area contributed by atoms with E-state index in [4.69, 9.17) is 0 Å². The summed E-state index contributed by atoms with van der Waals surface area (Å²) in [7, 11) is -3.84. The lowest BCUT2D eigenvalue weighted by Gasteiger charge is -2.20. The fraction of sp³-hybridized carbons (Fsp3) is 0. The highest BCUT2D eigenvalue weighted by molar-refractivity contribution is 7.91. The molecule has 8 rings (SSSR count). The van der Waals surface area contributed by atoms with Gasteiger partial charge in [0.25, 0.3) is 0 Å². The van der Waals surface area contributed by atoms with Gasteiger partial charge in [-0.15, -0.1) is 0 Å². The van der Waals surface area contributed by atoms with E-state index in [1.54, 1.807) is 30.3 Å². The third-order valence-electron chi connectivity index (χ3n) is 7.97. The standard InChI is InChI=1S/C35H21NO3S/c37-35-28-11-3-6-18-33(28)40(38,39)34-21-22(19-20-29(34)35)23-12-7-14-25-24(23)13-8-17-32(25)36-30-15-4-1-9-26(30)27-10-2-5-16-31(27)36/h1-21H. The largest absolute Gasteiger partial charge is 0.309 e. The van der Waals surface area contributed by atoms with Crippen molar-refractivity contribution in [2.75, 3.05) is 0 Å². The zero-order valence-corrected chi connectivity index (χ0v) is 22.0. The topological polar surface area (TPSA) is 56.1 Å². The minimum absolute atomic E-state index is 0.0595. The van der Waals surface area contributed by atoms with Crippen molar-refractivity contribution in [1.82, 2.24) is 4.57 Å². The molecule has 7 aromatic rings. The van der Waals surface area contributed by atoms with Gasteiger partial charge >= 0.3 is 0 Å². The average Bonchev–Trinajstić information content (AvgIpc) is 3.33. The number of hydrogen-bond donors (Lipinski definition) is 0. The normalized spacial score (nSPS) is 13.9. The molecule has 2 heterocycles. The van der Waals surface area contributed by atoms with Gasteiger partial charge in [-0.1, -0.05) is 84.9 Å². The molecule has 1 aromatic heterocycles. The van der Waals surface area contributed by atoms with Crippen LogP contribution in [0.25, 0.3) is 49.4 Å². The van der Waals surface area contributed by atoms with Crippen LogP contribution in [0.1, 0.15) is 15.9 Å². The van der Waals surface area contributed by atoms with Crippen LogP contribution in [0.5, 0.6) is 0 Å². The van der Waals surface area contributed by atoms with Crippen molar-refractivity contribution in [3.8, 4) is 16.8 Å². The number of sulfone groups is 1. The maximum Gasteiger partial charge on any atom is 0.208 e. The molecule has 5 heteroatoms. The van der Waals surface area contributed by atoms with Crippen molar-refractivity contribution in [1.29, 1.82) is 0 Å². The second-order valence-corrected chi connectivity index (χ2v) is 12.0. The average molecular weight is 536 g/mol. The van der Waals surface area contributed by atoms with Crippen molar-refractivity contribution in [2.45, 2.75) is 9.79 Å². The number of carbonyl (C=O) groups excluding carboxylic acids is 1. The number of rotatable bonds is 2. The Hall–Kier alpha value is -5.00. The minimum atomic E-state index is -3.84. The highest BCUT2D eigenvalue weighted by Gasteiger charge is 2.34. The Balaban J connectivity index is 1.37. The molecule has 0 unspecified atom stereocenters. The number of ketones is 1. The minimum Gasteiger partial charge on any atom is -0.309 e. The monoisotopic (exact) mass is 535 g/mol. The second-order valence-electron chi connectivity index (χ2n) is 10.1. The van der Waals surface area contributed by atoms with E-state index in [0.717, 1.165) is 38.6 Å². The Morgan fingerprint density at radius 2 is 1.05 bits per heavy atom. The van der Waals surface area contributed by atoms with Crippen molar-refractivity contribution < 1.29 is 13.2 Å². The third kappa shape index (κ3) is 3.07. The van der Waals surface area contributed by atoms with Crippen molar-refractivity contribution in [3.05, 3.63) is 139 Å². The SMILES string of the molecule is O=C1c2ccccc2S(=O)(=O)c2cc(-c3cccc4c(-n5c6ccccc6c6ccccc65)cccc34)ccc21. The van der Waals surface area contributed by atoms with Gasteiger partial charge in [-0.25, -0.2) is 8.42 Å². The van der Waals surface area contributed by atoms with Crippen LogP contribution in [0.2, 0.25) is 0 Å². The van der Waals surface area contributed by atoms with Gasteiger partial charge in [0, 0.05) is 27.3 Å². The van der Waals surface area contributed by atoms with E-state index < -0.39 is 9.84 Å². The first kappa shape index (κ1) is 22.9. The molecule has 40 heavy (non-hydrogen) atoms. The van der Waals surface area contributed by atoms with Gasteiger partial charge in [0.15, 0.2) is 5.78 Å². The lowest BCUT2D eigenvalue weighted by Crippen LogP contribution is -2.20. The fourth-order valence-corrected chi connectivity index (χ4v) is 7.85. The van der Waals surface area contributed by atoms with Crippen molar-refractivity contribution >= 4 is 48.2 Å². The summed E-state index contributed by atoms with van der Waals surface area (Å²) in [5.41, 5.74) is 5.39. The molecule has 0 fully saturated rings. The molecule has 0 aliphatic carbocycles. The number of fused-ring (bicyclic) bond motifs is 6. The summed E-state index contributed by atoms with van der Waals surface area (Å²) >= 11 is 0. The van der Waals surface area contributed by atoms with E-state index in [2.05, 4.69) is 71.3 Å². The Morgan fingerprint density at radius 3 is 1.82 bits per heavy atom. The molecule has 0 saturated heterocycles. The van der Waals surface area contributed by atoms with Crippen LogP contribution >= 0.6 is 0 Å². The lowest BCUT2D eigenvalue weighted by molar-refractivity contribution is 0.103. The van der Waals surface area contributed by atoms with Gasteiger partial charge in [-0.2, -0.15) is 0 Å². The zero-order valence-electron chi connectivity index (χ0n) is 21.2. The van der Waals surface area contributed by atoms with E-state index in [1.807, 2.05) is 24.3 Å². The van der Waals surface area contributed by atoms with Gasteiger partial charge in [0.1, 0.15) is 0 Å². The maximum atomic E-state index is 13.6. The number of para-hydroxylation sites is 2. The quantitative estimate of drug-likeness (QED) is 0.225. The molecule has 1 aliphatic heterocycles. The number of aromatic nitrogens is 1. The number of nitrogens with zero attached hydrogens (tertiary/aromatic N) is 1. The summed E-state index contributed by atoms with van der Waals surface area (Å²) in [6.45, 7) is 0. The predicted octanol–water partition coefficient (Wildman–Crippen LogP) is 7.98. The maximum absolute atomic E-state index is 13.6. The molecular formula is C35H21NO3S.